The van der Waals surface area contributed by atoms with Gasteiger partial charge in [-0.3, -0.25) is 9.80 Å². The number of fused-ring (bicyclic) bond motifs is 1. The van der Waals surface area contributed by atoms with E-state index in [1.165, 1.54) is 16.9 Å². The van der Waals surface area contributed by atoms with Gasteiger partial charge in [0.2, 0.25) is 0 Å². The van der Waals surface area contributed by atoms with E-state index in [4.69, 9.17) is 9.84 Å². The first-order valence-corrected chi connectivity index (χ1v) is 15.7. The van der Waals surface area contributed by atoms with Crippen molar-refractivity contribution in [2.24, 2.45) is 5.10 Å². The van der Waals surface area contributed by atoms with E-state index in [2.05, 4.69) is 29.6 Å². The van der Waals surface area contributed by atoms with Crippen molar-refractivity contribution in [3.8, 4) is 6.07 Å². The molecular weight excluding hydrogens is 568 g/mol. The van der Waals surface area contributed by atoms with Crippen molar-refractivity contribution >= 4 is 45.7 Å². The monoisotopic (exact) mass is 600 g/mol. The number of hydrogen-bond donors (Lipinski definition) is 1. The fourth-order valence-electron chi connectivity index (χ4n) is 5.77. The maximum Gasteiger partial charge on any atom is 0.341 e. The van der Waals surface area contributed by atoms with Crippen molar-refractivity contribution in [1.82, 2.24) is 0 Å². The van der Waals surface area contributed by atoms with Crippen LogP contribution in [0, 0.1) is 11.3 Å². The molecule has 7 nitrogen and oxygen atoms in total. The van der Waals surface area contributed by atoms with Crippen molar-refractivity contribution in [1.29, 1.82) is 5.26 Å². The van der Waals surface area contributed by atoms with Gasteiger partial charge in [0.25, 0.3) is 5.91 Å². The van der Waals surface area contributed by atoms with E-state index in [1.54, 1.807) is 13.0 Å². The van der Waals surface area contributed by atoms with E-state index >= 15 is 0 Å². The largest absolute Gasteiger partial charge is 0.462 e. The molecule has 0 saturated heterocycles. The number of anilines is 2. The van der Waals surface area contributed by atoms with Crippen LogP contribution in [0.2, 0.25) is 0 Å². The van der Waals surface area contributed by atoms with Crippen LogP contribution in [0.25, 0.3) is 6.08 Å². The molecule has 0 spiro atoms. The lowest BCUT2D eigenvalue weighted by Gasteiger charge is -2.24. The van der Waals surface area contributed by atoms with Crippen molar-refractivity contribution in [2.45, 2.75) is 45.1 Å². The summed E-state index contributed by atoms with van der Waals surface area (Å²) < 4.78 is 5.30. The standard InChI is InChI=1S/C36H32N4O3S/c1-2-43-36(42)33-29-15-9-10-16-32(29)44-35(33)38-34(41)27(23-37)21-24-17-19-28(20-18-24)40-31(26-13-7-4-8-14-26)22-30(39-40)25-11-5-3-6-12-25/h3-8,11-14,17-21,31H,2,9-10,15-16,22H2,1H3,(H,38,41). The van der Waals surface area contributed by atoms with Gasteiger partial charge < -0.3 is 10.1 Å². The number of hydrogen-bond acceptors (Lipinski definition) is 7. The predicted molar refractivity (Wildman–Crippen MR) is 175 cm³/mol. The van der Waals surface area contributed by atoms with Gasteiger partial charge in [0.1, 0.15) is 16.6 Å². The van der Waals surface area contributed by atoms with Crippen LogP contribution in [0.3, 0.4) is 0 Å². The number of nitriles is 1. The van der Waals surface area contributed by atoms with Crippen LogP contribution in [0.4, 0.5) is 10.7 Å². The highest BCUT2D eigenvalue weighted by molar-refractivity contribution is 7.17. The molecule has 1 aromatic heterocycles. The Bertz CT molecular complexity index is 1770. The van der Waals surface area contributed by atoms with Crippen LogP contribution in [0.15, 0.2) is 95.6 Å². The summed E-state index contributed by atoms with van der Waals surface area (Å²) in [5.74, 6) is -0.990. The summed E-state index contributed by atoms with van der Waals surface area (Å²) in [4.78, 5) is 27.2. The number of aryl methyl sites for hydroxylation is 1. The van der Waals surface area contributed by atoms with Crippen LogP contribution < -0.4 is 10.3 Å². The summed E-state index contributed by atoms with van der Waals surface area (Å²) in [5, 5.41) is 20.2. The van der Waals surface area contributed by atoms with E-state index in [9.17, 15) is 14.9 Å². The van der Waals surface area contributed by atoms with E-state index < -0.39 is 11.9 Å². The van der Waals surface area contributed by atoms with E-state index in [0.29, 0.717) is 16.1 Å². The second-order valence-corrected chi connectivity index (χ2v) is 11.8. The number of nitrogens with zero attached hydrogens (tertiary/aromatic N) is 3. The lowest BCUT2D eigenvalue weighted by Crippen LogP contribution is -2.18. The highest BCUT2D eigenvalue weighted by Crippen LogP contribution is 2.39. The molecular formula is C36H32N4O3S. The third-order valence-corrected chi connectivity index (χ3v) is 9.12. The van der Waals surface area contributed by atoms with E-state index in [0.717, 1.165) is 59.5 Å². The lowest BCUT2D eigenvalue weighted by molar-refractivity contribution is -0.112. The maximum absolute atomic E-state index is 13.3. The number of rotatable bonds is 8. The Morgan fingerprint density at radius 2 is 1.73 bits per heavy atom. The highest BCUT2D eigenvalue weighted by atomic mass is 32.1. The molecule has 1 N–H and O–H groups in total. The molecule has 6 rings (SSSR count). The molecule has 1 amide bonds. The zero-order chi connectivity index (χ0) is 30.5. The number of carbonyl (C=O) groups excluding carboxylic acids is 2. The molecule has 0 bridgehead atoms. The minimum atomic E-state index is -0.554. The van der Waals surface area contributed by atoms with Gasteiger partial charge in [-0.1, -0.05) is 72.8 Å². The number of hydrazone groups is 1. The van der Waals surface area contributed by atoms with Crippen molar-refractivity contribution in [3.63, 3.8) is 0 Å². The Hall–Kier alpha value is -5.00. The van der Waals surface area contributed by atoms with Gasteiger partial charge in [-0.2, -0.15) is 10.4 Å². The van der Waals surface area contributed by atoms with Crippen molar-refractivity contribution in [3.05, 3.63) is 123 Å². The van der Waals surface area contributed by atoms with Gasteiger partial charge in [0, 0.05) is 11.3 Å². The molecule has 3 aromatic carbocycles. The van der Waals surface area contributed by atoms with E-state index in [1.807, 2.05) is 71.7 Å². The average Bonchev–Trinajstić information content (AvgIpc) is 3.67. The van der Waals surface area contributed by atoms with Crippen LogP contribution in [0.1, 0.15) is 69.7 Å². The van der Waals surface area contributed by atoms with Crippen LogP contribution in [-0.2, 0) is 22.4 Å². The van der Waals surface area contributed by atoms with Gasteiger partial charge in [-0.25, -0.2) is 4.79 Å². The molecule has 2 aliphatic rings. The molecule has 4 aromatic rings. The molecule has 2 heterocycles. The molecule has 0 saturated carbocycles. The Morgan fingerprint density at radius 3 is 2.43 bits per heavy atom. The number of benzene rings is 3. The zero-order valence-corrected chi connectivity index (χ0v) is 25.3. The summed E-state index contributed by atoms with van der Waals surface area (Å²) >= 11 is 1.40. The molecule has 1 aliphatic carbocycles. The lowest BCUT2D eigenvalue weighted by atomic mass is 9.95. The molecule has 1 atom stereocenters. The first-order chi connectivity index (χ1) is 21.6. The summed E-state index contributed by atoms with van der Waals surface area (Å²) in [6.45, 7) is 2.01. The Balaban J connectivity index is 1.25. The number of carbonyl (C=O) groups is 2. The minimum Gasteiger partial charge on any atom is -0.462 e. The highest BCUT2D eigenvalue weighted by Gasteiger charge is 2.30. The first kappa shape index (κ1) is 29.1. The topological polar surface area (TPSA) is 94.8 Å². The summed E-state index contributed by atoms with van der Waals surface area (Å²) in [6, 6.07) is 30.3. The van der Waals surface area contributed by atoms with Crippen LogP contribution in [0.5, 0.6) is 0 Å². The molecule has 1 aliphatic heterocycles. The quantitative estimate of drug-likeness (QED) is 0.127. The Labute approximate surface area is 261 Å². The molecule has 44 heavy (non-hydrogen) atoms. The second-order valence-electron chi connectivity index (χ2n) is 10.7. The first-order valence-electron chi connectivity index (χ1n) is 14.9. The summed E-state index contributed by atoms with van der Waals surface area (Å²) in [5.41, 5.74) is 6.24. The van der Waals surface area contributed by atoms with Gasteiger partial charge in [-0.05, 0) is 73.1 Å². The average molecular weight is 601 g/mol. The van der Waals surface area contributed by atoms with Crippen LogP contribution in [-0.4, -0.2) is 24.2 Å². The van der Waals surface area contributed by atoms with Gasteiger partial charge >= 0.3 is 5.97 Å². The Kier molecular flexibility index (Phi) is 8.67. The fraction of sp³-hybridized carbons (Fsp3) is 0.222. The second kappa shape index (κ2) is 13.1. The summed E-state index contributed by atoms with van der Waals surface area (Å²) in [7, 11) is 0. The number of amides is 1. The number of ether oxygens (including phenoxy) is 1. The number of esters is 1. The smallest absolute Gasteiger partial charge is 0.341 e. The molecule has 0 fully saturated rings. The molecule has 1 unspecified atom stereocenters. The molecule has 8 heteroatoms. The molecule has 220 valence electrons. The predicted octanol–water partition coefficient (Wildman–Crippen LogP) is 7.70. The maximum atomic E-state index is 13.3. The third kappa shape index (κ3) is 6.05. The van der Waals surface area contributed by atoms with E-state index in [-0.39, 0.29) is 18.2 Å². The number of thiophene rings is 1. The van der Waals surface area contributed by atoms with Crippen molar-refractivity contribution in [2.75, 3.05) is 16.9 Å². The van der Waals surface area contributed by atoms with Crippen molar-refractivity contribution < 1.29 is 14.3 Å². The molecule has 0 radical (unpaired) electrons. The normalized spacial score (nSPS) is 16.1. The van der Waals surface area contributed by atoms with Crippen LogP contribution >= 0.6 is 11.3 Å². The number of nitrogens with one attached hydrogen (secondary N) is 1. The zero-order valence-electron chi connectivity index (χ0n) is 24.5. The fourth-order valence-corrected chi connectivity index (χ4v) is 7.04. The minimum absolute atomic E-state index is 0.0402. The SMILES string of the molecule is CCOC(=O)c1c(NC(=O)C(C#N)=Cc2ccc(N3N=C(c4ccccc4)CC3c3ccccc3)cc2)sc2c1CCCC2. The van der Waals surface area contributed by atoms with Gasteiger partial charge in [-0.15, -0.1) is 11.3 Å². The van der Waals surface area contributed by atoms with Gasteiger partial charge in [0.05, 0.1) is 29.6 Å². The van der Waals surface area contributed by atoms with Gasteiger partial charge in [0.15, 0.2) is 0 Å². The third-order valence-electron chi connectivity index (χ3n) is 7.91. The summed E-state index contributed by atoms with van der Waals surface area (Å²) in [6.07, 6.45) is 6.02. The Morgan fingerprint density at radius 1 is 1.02 bits per heavy atom.